The number of carbonyl (C=O) groups excluding carboxylic acids is 1. The lowest BCUT2D eigenvalue weighted by Gasteiger charge is -2.15. The van der Waals surface area contributed by atoms with E-state index >= 15 is 0 Å². The number of anilines is 1. The maximum Gasteiger partial charge on any atom is 0.326 e. The van der Waals surface area contributed by atoms with Crippen LogP contribution in [0.4, 0.5) is 10.5 Å². The molecule has 0 unspecified atom stereocenters. The molecule has 0 spiro atoms. The number of hydrogen-bond donors (Lipinski definition) is 4. The highest BCUT2D eigenvalue weighted by Gasteiger charge is 2.23. The zero-order valence-electron chi connectivity index (χ0n) is 11.5. The summed E-state index contributed by atoms with van der Waals surface area (Å²) in [5, 5.41) is 22.0. The highest BCUT2D eigenvalue weighted by atomic mass is 16.5. The van der Waals surface area contributed by atoms with E-state index in [-0.39, 0.29) is 0 Å². The number of ether oxygens (including phenoxy) is 1. The van der Waals surface area contributed by atoms with E-state index in [9.17, 15) is 14.4 Å². The first kappa shape index (κ1) is 16.3. The van der Waals surface area contributed by atoms with Crippen LogP contribution in [-0.4, -0.2) is 41.3 Å². The Kier molecular flexibility index (Phi) is 5.53. The molecule has 21 heavy (non-hydrogen) atoms. The van der Waals surface area contributed by atoms with Crippen LogP contribution < -0.4 is 15.4 Å². The second-order valence-corrected chi connectivity index (χ2v) is 4.29. The standard InChI is InChI=1S/C13H16N2O6/c1-7-3-4-10(21-2)8(5-7)14-13(20)15-9(12(18)19)6-11(16)17/h3-5,9H,6H2,1-2H3,(H,16,17)(H,18,19)(H2,14,15,20)/t9-/m0/s1. The molecular formula is C13H16N2O6. The Labute approximate surface area is 120 Å². The van der Waals surface area contributed by atoms with Crippen molar-refractivity contribution >= 4 is 23.7 Å². The molecule has 8 heteroatoms. The molecule has 0 fully saturated rings. The highest BCUT2D eigenvalue weighted by Crippen LogP contribution is 2.24. The minimum atomic E-state index is -1.52. The number of aliphatic carboxylic acids is 2. The molecule has 2 amide bonds. The van der Waals surface area contributed by atoms with E-state index < -0.39 is 30.4 Å². The zero-order chi connectivity index (χ0) is 16.0. The van der Waals surface area contributed by atoms with Crippen molar-refractivity contribution in [3.8, 4) is 5.75 Å². The number of carbonyl (C=O) groups is 3. The van der Waals surface area contributed by atoms with E-state index in [2.05, 4.69) is 10.6 Å². The van der Waals surface area contributed by atoms with Crippen molar-refractivity contribution in [1.82, 2.24) is 5.32 Å². The highest BCUT2D eigenvalue weighted by molar-refractivity contribution is 5.94. The third-order valence-electron chi connectivity index (χ3n) is 2.59. The fourth-order valence-corrected chi connectivity index (χ4v) is 1.61. The third-order valence-corrected chi connectivity index (χ3v) is 2.59. The number of benzene rings is 1. The molecule has 0 saturated heterocycles. The number of carboxylic acid groups (broad SMARTS) is 2. The SMILES string of the molecule is COc1ccc(C)cc1NC(=O)N[C@@H](CC(=O)O)C(=O)O. The molecule has 0 aliphatic rings. The van der Waals surface area contributed by atoms with Gasteiger partial charge in [0.05, 0.1) is 19.2 Å². The van der Waals surface area contributed by atoms with Crippen molar-refractivity contribution < 1.29 is 29.3 Å². The van der Waals surface area contributed by atoms with E-state index in [0.717, 1.165) is 5.56 Å². The second kappa shape index (κ2) is 7.13. The molecule has 0 radical (unpaired) electrons. The summed E-state index contributed by atoms with van der Waals surface area (Å²) in [6.45, 7) is 1.81. The number of carboxylic acids is 2. The lowest BCUT2D eigenvalue weighted by atomic mass is 10.2. The number of aryl methyl sites for hydroxylation is 1. The van der Waals surface area contributed by atoms with Gasteiger partial charge in [0.2, 0.25) is 0 Å². The van der Waals surface area contributed by atoms with Crippen molar-refractivity contribution in [2.24, 2.45) is 0 Å². The number of urea groups is 1. The van der Waals surface area contributed by atoms with Crippen molar-refractivity contribution in [2.45, 2.75) is 19.4 Å². The Bertz CT molecular complexity index is 558. The van der Waals surface area contributed by atoms with Gasteiger partial charge >= 0.3 is 18.0 Å². The number of hydrogen-bond acceptors (Lipinski definition) is 4. The Hall–Kier alpha value is -2.77. The van der Waals surface area contributed by atoms with Crippen molar-refractivity contribution in [1.29, 1.82) is 0 Å². The molecule has 0 aliphatic carbocycles. The average Bonchev–Trinajstić information content (AvgIpc) is 2.37. The lowest BCUT2D eigenvalue weighted by molar-refractivity contribution is -0.145. The zero-order valence-corrected chi connectivity index (χ0v) is 11.5. The first-order valence-electron chi connectivity index (χ1n) is 6.00. The first-order chi connectivity index (χ1) is 9.83. The quantitative estimate of drug-likeness (QED) is 0.622. The van der Waals surface area contributed by atoms with Gasteiger partial charge in [0.25, 0.3) is 0 Å². The summed E-state index contributed by atoms with van der Waals surface area (Å²) >= 11 is 0. The number of rotatable bonds is 6. The Morgan fingerprint density at radius 1 is 1.29 bits per heavy atom. The van der Waals surface area contributed by atoms with Crippen LogP contribution in [-0.2, 0) is 9.59 Å². The van der Waals surface area contributed by atoms with Crippen LogP contribution in [0.15, 0.2) is 18.2 Å². The van der Waals surface area contributed by atoms with Gasteiger partial charge in [-0.25, -0.2) is 9.59 Å². The largest absolute Gasteiger partial charge is 0.495 e. The minimum absolute atomic E-state index is 0.356. The lowest BCUT2D eigenvalue weighted by Crippen LogP contribution is -2.44. The molecule has 0 saturated carbocycles. The van der Waals surface area contributed by atoms with Crippen LogP contribution in [0, 0.1) is 6.92 Å². The van der Waals surface area contributed by atoms with Gasteiger partial charge in [0.15, 0.2) is 0 Å². The second-order valence-electron chi connectivity index (χ2n) is 4.29. The molecule has 1 aromatic carbocycles. The Morgan fingerprint density at radius 2 is 1.95 bits per heavy atom. The topological polar surface area (TPSA) is 125 Å². The van der Waals surface area contributed by atoms with Gasteiger partial charge in [-0.15, -0.1) is 0 Å². The number of nitrogens with one attached hydrogen (secondary N) is 2. The third kappa shape index (κ3) is 5.01. The predicted octanol–water partition coefficient (Wildman–Crippen LogP) is 1.05. The molecule has 8 nitrogen and oxygen atoms in total. The average molecular weight is 296 g/mol. The molecule has 0 bridgehead atoms. The van der Waals surface area contributed by atoms with Crippen LogP contribution in [0.25, 0.3) is 0 Å². The molecule has 1 rings (SSSR count). The molecule has 4 N–H and O–H groups in total. The molecule has 114 valence electrons. The molecule has 1 atom stereocenters. The Balaban J connectivity index is 2.78. The van der Waals surface area contributed by atoms with E-state index in [0.29, 0.717) is 11.4 Å². The maximum atomic E-state index is 11.8. The van der Waals surface area contributed by atoms with Crippen LogP contribution in [0.3, 0.4) is 0 Å². The fraction of sp³-hybridized carbons (Fsp3) is 0.308. The summed E-state index contributed by atoms with van der Waals surface area (Å²) in [5.74, 6) is -2.35. The summed E-state index contributed by atoms with van der Waals surface area (Å²) < 4.78 is 5.07. The van der Waals surface area contributed by atoms with Crippen LogP contribution >= 0.6 is 0 Å². The normalized spacial score (nSPS) is 11.3. The van der Waals surface area contributed by atoms with Crippen molar-refractivity contribution in [3.63, 3.8) is 0 Å². The van der Waals surface area contributed by atoms with E-state index in [1.165, 1.54) is 7.11 Å². The van der Waals surface area contributed by atoms with E-state index in [1.54, 1.807) is 18.2 Å². The van der Waals surface area contributed by atoms with Crippen molar-refractivity contribution in [2.75, 3.05) is 12.4 Å². The molecular weight excluding hydrogens is 280 g/mol. The fourth-order valence-electron chi connectivity index (χ4n) is 1.61. The van der Waals surface area contributed by atoms with Crippen LogP contribution in [0.2, 0.25) is 0 Å². The number of amides is 2. The minimum Gasteiger partial charge on any atom is -0.495 e. The number of methoxy groups -OCH3 is 1. The van der Waals surface area contributed by atoms with Gasteiger partial charge in [-0.1, -0.05) is 6.07 Å². The monoisotopic (exact) mass is 296 g/mol. The predicted molar refractivity (Wildman–Crippen MR) is 73.6 cm³/mol. The smallest absolute Gasteiger partial charge is 0.326 e. The van der Waals surface area contributed by atoms with Gasteiger partial charge in [-0.05, 0) is 24.6 Å². The first-order valence-corrected chi connectivity index (χ1v) is 6.00. The van der Waals surface area contributed by atoms with E-state index in [4.69, 9.17) is 14.9 Å². The molecule has 1 aromatic rings. The van der Waals surface area contributed by atoms with Crippen molar-refractivity contribution in [3.05, 3.63) is 23.8 Å². The molecule has 0 aliphatic heterocycles. The van der Waals surface area contributed by atoms with Gasteiger partial charge in [-0.2, -0.15) is 0 Å². The molecule has 0 heterocycles. The summed E-state index contributed by atoms with van der Waals surface area (Å²) in [6, 6.07) is 2.74. The maximum absolute atomic E-state index is 11.8. The summed E-state index contributed by atoms with van der Waals surface area (Å²) in [5.41, 5.74) is 1.22. The van der Waals surface area contributed by atoms with Crippen LogP contribution in [0.5, 0.6) is 5.75 Å². The summed E-state index contributed by atoms with van der Waals surface area (Å²) in [7, 11) is 1.43. The Morgan fingerprint density at radius 3 is 2.48 bits per heavy atom. The van der Waals surface area contributed by atoms with Gasteiger partial charge in [0.1, 0.15) is 11.8 Å². The molecule has 0 aromatic heterocycles. The van der Waals surface area contributed by atoms with E-state index in [1.807, 2.05) is 6.92 Å². The summed E-state index contributed by atoms with van der Waals surface area (Å²) in [4.78, 5) is 33.2. The van der Waals surface area contributed by atoms with Gasteiger partial charge < -0.3 is 25.6 Å². The summed E-state index contributed by atoms with van der Waals surface area (Å²) in [6.07, 6.45) is -0.715. The van der Waals surface area contributed by atoms with Gasteiger partial charge in [0, 0.05) is 0 Å². The van der Waals surface area contributed by atoms with Gasteiger partial charge in [-0.3, -0.25) is 4.79 Å². The van der Waals surface area contributed by atoms with Crippen LogP contribution in [0.1, 0.15) is 12.0 Å².